The van der Waals surface area contributed by atoms with Crippen molar-refractivity contribution in [2.75, 3.05) is 26.3 Å². The minimum atomic E-state index is -0.202. The van der Waals surface area contributed by atoms with Gasteiger partial charge in [0.15, 0.2) is 0 Å². The van der Waals surface area contributed by atoms with Gasteiger partial charge in [0, 0.05) is 24.7 Å². The van der Waals surface area contributed by atoms with Crippen LogP contribution in [0.25, 0.3) is 5.57 Å². The van der Waals surface area contributed by atoms with Crippen LogP contribution in [0.5, 0.6) is 0 Å². The van der Waals surface area contributed by atoms with Gasteiger partial charge in [-0.2, -0.15) is 0 Å². The first-order valence-electron chi connectivity index (χ1n) is 10.5. The average Bonchev–Trinajstić information content (AvgIpc) is 2.90. The second kappa shape index (κ2) is 8.80. The molecule has 2 aromatic rings. The summed E-state index contributed by atoms with van der Waals surface area (Å²) in [4.78, 5) is 2.36. The van der Waals surface area contributed by atoms with Gasteiger partial charge in [0.1, 0.15) is 0 Å². The van der Waals surface area contributed by atoms with Crippen molar-refractivity contribution in [3.05, 3.63) is 75.3 Å². The summed E-state index contributed by atoms with van der Waals surface area (Å²) in [6.45, 7) is 5.01. The fourth-order valence-electron chi connectivity index (χ4n) is 4.57. The topological polar surface area (TPSA) is 3.24 Å². The maximum absolute atomic E-state index is 12.3. The van der Waals surface area contributed by atoms with Crippen LogP contribution in [0, 0.1) is 12.8 Å². The van der Waals surface area contributed by atoms with E-state index in [4.69, 9.17) is 11.6 Å². The van der Waals surface area contributed by atoms with E-state index in [0.29, 0.717) is 12.3 Å². The van der Waals surface area contributed by atoms with Gasteiger partial charge in [-0.05, 0) is 78.3 Å². The molecule has 0 aromatic heterocycles. The number of fused-ring (bicyclic) bond motifs is 1. The summed E-state index contributed by atoms with van der Waals surface area (Å²) >= 11 is 6.63. The lowest BCUT2D eigenvalue weighted by atomic mass is 9.89. The van der Waals surface area contributed by atoms with Gasteiger partial charge in [-0.25, -0.2) is 0 Å². The summed E-state index contributed by atoms with van der Waals surface area (Å²) in [5.41, 5.74) is 7.76. The van der Waals surface area contributed by atoms with Crippen molar-refractivity contribution in [1.29, 1.82) is 0 Å². The maximum atomic E-state index is 12.3. The van der Waals surface area contributed by atoms with E-state index in [0.717, 1.165) is 55.9 Å². The molecule has 0 bridgehead atoms. The molecule has 1 heterocycles. The molecule has 2 aliphatic rings. The molecule has 0 unspecified atom stereocenters. The van der Waals surface area contributed by atoms with Gasteiger partial charge in [0.05, 0.1) is 6.67 Å². The van der Waals surface area contributed by atoms with Crippen molar-refractivity contribution >= 4 is 17.2 Å². The third kappa shape index (κ3) is 4.18. The second-order valence-corrected chi connectivity index (χ2v) is 8.68. The van der Waals surface area contributed by atoms with Crippen LogP contribution in [0.3, 0.4) is 0 Å². The summed E-state index contributed by atoms with van der Waals surface area (Å²) < 4.78 is 12.3. The lowest BCUT2D eigenvalue weighted by molar-refractivity contribution is 0.0968. The Labute approximate surface area is 173 Å². The van der Waals surface area contributed by atoms with Crippen LogP contribution >= 0.6 is 11.6 Å². The third-order valence-corrected chi connectivity index (χ3v) is 6.66. The maximum Gasteiger partial charge on any atom is 0.0906 e. The van der Waals surface area contributed by atoms with Gasteiger partial charge in [-0.15, -0.1) is 0 Å². The van der Waals surface area contributed by atoms with E-state index in [1.54, 1.807) is 0 Å². The molecule has 0 N–H and O–H groups in total. The number of allylic oxidation sites excluding steroid dienone is 1. The Morgan fingerprint density at radius 1 is 1.11 bits per heavy atom. The molecule has 1 aliphatic heterocycles. The van der Waals surface area contributed by atoms with Crippen LogP contribution in [0.1, 0.15) is 47.1 Å². The van der Waals surface area contributed by atoms with Crippen molar-refractivity contribution in [2.45, 2.75) is 39.0 Å². The third-order valence-electron chi connectivity index (χ3n) is 6.14. The van der Waals surface area contributed by atoms with E-state index in [1.807, 2.05) is 0 Å². The highest BCUT2D eigenvalue weighted by atomic mass is 35.5. The van der Waals surface area contributed by atoms with E-state index in [9.17, 15) is 4.39 Å². The number of hydrogen-bond acceptors (Lipinski definition) is 1. The summed E-state index contributed by atoms with van der Waals surface area (Å²) in [6, 6.07) is 13.5. The Bertz CT molecular complexity index is 850. The van der Waals surface area contributed by atoms with Crippen molar-refractivity contribution in [3.8, 4) is 0 Å². The lowest BCUT2D eigenvalue weighted by Crippen LogP contribution is -2.47. The molecule has 2 aromatic carbocycles. The molecule has 0 spiro atoms. The highest BCUT2D eigenvalue weighted by molar-refractivity contribution is 6.32. The molecular weight excluding hydrogens is 369 g/mol. The quantitative estimate of drug-likeness (QED) is 0.556. The fraction of sp³-hybridized carbons (Fsp3) is 0.440. The first-order chi connectivity index (χ1) is 13.7. The number of hydrogen-bond donors (Lipinski definition) is 0. The Kier molecular flexibility index (Phi) is 6.18. The zero-order chi connectivity index (χ0) is 19.5. The van der Waals surface area contributed by atoms with Gasteiger partial charge in [0.25, 0.3) is 0 Å². The summed E-state index contributed by atoms with van der Waals surface area (Å²) in [6.07, 6.45) is 7.46. The molecule has 1 nitrogen and oxygen atoms in total. The van der Waals surface area contributed by atoms with E-state index in [1.165, 1.54) is 27.8 Å². The van der Waals surface area contributed by atoms with Crippen molar-refractivity contribution < 1.29 is 4.39 Å². The largest absolute Gasteiger partial charge is 0.303 e. The Morgan fingerprint density at radius 2 is 1.89 bits per heavy atom. The van der Waals surface area contributed by atoms with Crippen molar-refractivity contribution in [1.82, 2.24) is 4.90 Å². The summed E-state index contributed by atoms with van der Waals surface area (Å²) in [5.74, 6) is 0.713. The standard InChI is InChI=1S/C25H29ClFN/c1-18-7-12-23-22(5-2-3-6-24(23)25(18)26)21-10-8-19(9-11-21)15-20-16-28(17-20)14-4-13-27/h5,7-12,20H,2-4,6,13-17H2,1H3. The zero-order valence-electron chi connectivity index (χ0n) is 16.7. The van der Waals surface area contributed by atoms with Crippen molar-refractivity contribution in [3.63, 3.8) is 0 Å². The lowest BCUT2D eigenvalue weighted by Gasteiger charge is -2.39. The van der Waals surface area contributed by atoms with Gasteiger partial charge in [0.2, 0.25) is 0 Å². The second-order valence-electron chi connectivity index (χ2n) is 8.30. The Hall–Kier alpha value is -1.64. The SMILES string of the molecule is Cc1ccc2c(c1Cl)CCCC=C2c1ccc(CC2CN(CCCF)C2)cc1. The number of rotatable bonds is 6. The predicted molar refractivity (Wildman–Crippen MR) is 117 cm³/mol. The summed E-state index contributed by atoms with van der Waals surface area (Å²) in [5, 5.41) is 0.934. The van der Waals surface area contributed by atoms with Crippen LogP contribution in [-0.2, 0) is 12.8 Å². The number of alkyl halides is 1. The van der Waals surface area contributed by atoms with Gasteiger partial charge < -0.3 is 4.90 Å². The van der Waals surface area contributed by atoms with E-state index >= 15 is 0 Å². The van der Waals surface area contributed by atoms with E-state index in [2.05, 4.69) is 54.3 Å². The van der Waals surface area contributed by atoms with Gasteiger partial charge in [-0.1, -0.05) is 54.1 Å². The Morgan fingerprint density at radius 3 is 2.64 bits per heavy atom. The molecule has 1 fully saturated rings. The number of benzene rings is 2. The normalized spacial score (nSPS) is 17.6. The molecule has 1 saturated heterocycles. The number of nitrogens with zero attached hydrogens (tertiary/aromatic N) is 1. The van der Waals surface area contributed by atoms with Crippen LogP contribution in [0.15, 0.2) is 42.5 Å². The molecule has 148 valence electrons. The number of halogens is 2. The molecule has 0 atom stereocenters. The fourth-order valence-corrected chi connectivity index (χ4v) is 4.83. The van der Waals surface area contributed by atoms with Gasteiger partial charge in [-0.3, -0.25) is 4.39 Å². The van der Waals surface area contributed by atoms with E-state index < -0.39 is 0 Å². The highest BCUT2D eigenvalue weighted by Gasteiger charge is 2.26. The molecule has 3 heteroatoms. The minimum absolute atomic E-state index is 0.202. The van der Waals surface area contributed by atoms with Crippen LogP contribution in [-0.4, -0.2) is 31.2 Å². The first kappa shape index (κ1) is 19.7. The summed E-state index contributed by atoms with van der Waals surface area (Å²) in [7, 11) is 0. The van der Waals surface area contributed by atoms with Gasteiger partial charge >= 0.3 is 0 Å². The molecule has 1 aliphatic carbocycles. The van der Waals surface area contributed by atoms with Crippen LogP contribution in [0.4, 0.5) is 4.39 Å². The molecule has 4 rings (SSSR count). The smallest absolute Gasteiger partial charge is 0.0906 e. The molecule has 0 radical (unpaired) electrons. The van der Waals surface area contributed by atoms with Crippen molar-refractivity contribution in [2.24, 2.45) is 5.92 Å². The highest BCUT2D eigenvalue weighted by Crippen LogP contribution is 2.36. The first-order valence-corrected chi connectivity index (χ1v) is 10.9. The molecule has 28 heavy (non-hydrogen) atoms. The van der Waals surface area contributed by atoms with Crippen LogP contribution in [0.2, 0.25) is 5.02 Å². The average molecular weight is 398 g/mol. The van der Waals surface area contributed by atoms with Crippen LogP contribution < -0.4 is 0 Å². The predicted octanol–water partition coefficient (Wildman–Crippen LogP) is 6.25. The molecular formula is C25H29ClFN. The minimum Gasteiger partial charge on any atom is -0.303 e. The number of aryl methyl sites for hydroxylation is 1. The Balaban J connectivity index is 1.46. The number of likely N-dealkylation sites (tertiary alicyclic amines) is 1. The molecule has 0 saturated carbocycles. The zero-order valence-corrected chi connectivity index (χ0v) is 17.4. The van der Waals surface area contributed by atoms with E-state index in [-0.39, 0.29) is 6.67 Å². The molecule has 0 amide bonds. The monoisotopic (exact) mass is 397 g/mol.